The molecule has 0 bridgehead atoms. The van der Waals surface area contributed by atoms with Gasteiger partial charge < -0.3 is 9.84 Å². The van der Waals surface area contributed by atoms with Gasteiger partial charge in [0.2, 0.25) is 0 Å². The first kappa shape index (κ1) is 16.8. The van der Waals surface area contributed by atoms with Crippen LogP contribution >= 0.6 is 0 Å². The highest BCUT2D eigenvalue weighted by molar-refractivity contribution is 6.05. The monoisotopic (exact) mass is 362 g/mol. The highest BCUT2D eigenvalue weighted by Gasteiger charge is 2.13. The van der Waals surface area contributed by atoms with Crippen LogP contribution in [0.2, 0.25) is 0 Å². The number of aryl methyl sites for hydroxylation is 1. The predicted octanol–water partition coefficient (Wildman–Crippen LogP) is 3.91. The van der Waals surface area contributed by atoms with E-state index in [0.29, 0.717) is 34.8 Å². The number of carbonyl (C=O) groups is 1. The maximum Gasteiger partial charge on any atom is 0.260 e. The molecule has 4 rings (SSSR count). The number of nitrogens with one attached hydrogen (secondary N) is 1. The molecule has 2 aromatic heterocycles. The molecule has 0 spiro atoms. The maximum atomic E-state index is 13.0. The summed E-state index contributed by atoms with van der Waals surface area (Å²) in [7, 11) is 0. The molecule has 2 aromatic carbocycles. The van der Waals surface area contributed by atoms with E-state index in [1.807, 2.05) is 6.07 Å². The summed E-state index contributed by atoms with van der Waals surface area (Å²) in [6.07, 6.45) is 3.61. The van der Waals surface area contributed by atoms with Crippen LogP contribution < -0.4 is 5.32 Å². The average molecular weight is 362 g/mol. The number of anilines is 1. The Kier molecular flexibility index (Phi) is 4.33. The minimum atomic E-state index is -0.298. The molecule has 27 heavy (non-hydrogen) atoms. The Hall–Kier alpha value is -3.61. The van der Waals surface area contributed by atoms with Crippen molar-refractivity contribution in [1.82, 2.24) is 15.1 Å². The van der Waals surface area contributed by atoms with Crippen molar-refractivity contribution >= 4 is 22.5 Å². The number of fused-ring (bicyclic) bond motifs is 1. The molecule has 0 saturated heterocycles. The molecule has 0 saturated carbocycles. The molecule has 1 amide bonds. The Morgan fingerprint density at radius 1 is 1.15 bits per heavy atom. The van der Waals surface area contributed by atoms with Crippen LogP contribution in [0.15, 0.2) is 59.4 Å². The largest absolute Gasteiger partial charge is 0.361 e. The average Bonchev–Trinajstić information content (AvgIpc) is 3.09. The Morgan fingerprint density at radius 2 is 1.96 bits per heavy atom. The third kappa shape index (κ3) is 3.67. The van der Waals surface area contributed by atoms with Crippen molar-refractivity contribution in [3.8, 4) is 0 Å². The van der Waals surface area contributed by atoms with Crippen molar-refractivity contribution in [2.75, 3.05) is 5.32 Å². The normalized spacial score (nSPS) is 10.9. The van der Waals surface area contributed by atoms with Crippen molar-refractivity contribution in [2.45, 2.75) is 13.3 Å². The molecule has 6 nitrogen and oxygen atoms in total. The molecule has 2 heterocycles. The van der Waals surface area contributed by atoms with Crippen LogP contribution in [0.25, 0.3) is 10.9 Å². The molecule has 0 fully saturated rings. The van der Waals surface area contributed by atoms with Crippen molar-refractivity contribution in [1.29, 1.82) is 0 Å². The molecule has 0 aliphatic heterocycles. The lowest BCUT2D eigenvalue weighted by Gasteiger charge is -2.07. The van der Waals surface area contributed by atoms with Crippen LogP contribution in [-0.4, -0.2) is 21.0 Å². The number of aromatic nitrogens is 3. The highest BCUT2D eigenvalue weighted by atomic mass is 19.1. The Balaban J connectivity index is 1.58. The van der Waals surface area contributed by atoms with Gasteiger partial charge in [-0.2, -0.15) is 0 Å². The SMILES string of the molecule is Cc1oncc1C(=O)Nc1ccc2cnc(Cc3ccc(F)cc3)nc2c1. The number of carbonyl (C=O) groups excluding carboxylic acids is 1. The second-order valence-electron chi connectivity index (χ2n) is 6.11. The number of halogens is 1. The number of amides is 1. The Labute approximate surface area is 154 Å². The third-order valence-corrected chi connectivity index (χ3v) is 4.16. The van der Waals surface area contributed by atoms with Gasteiger partial charge in [-0.05, 0) is 42.8 Å². The lowest BCUT2D eigenvalue weighted by molar-refractivity contribution is 0.102. The van der Waals surface area contributed by atoms with E-state index in [9.17, 15) is 9.18 Å². The molecule has 0 radical (unpaired) electrons. The summed E-state index contributed by atoms with van der Waals surface area (Å²) in [6.45, 7) is 1.68. The number of rotatable bonds is 4. The fourth-order valence-corrected chi connectivity index (χ4v) is 2.72. The topological polar surface area (TPSA) is 80.9 Å². The van der Waals surface area contributed by atoms with Gasteiger partial charge in [0.15, 0.2) is 0 Å². The van der Waals surface area contributed by atoms with Gasteiger partial charge in [0.05, 0.1) is 11.7 Å². The second-order valence-corrected chi connectivity index (χ2v) is 6.11. The molecular weight excluding hydrogens is 347 g/mol. The first-order valence-electron chi connectivity index (χ1n) is 8.31. The van der Waals surface area contributed by atoms with Crippen LogP contribution in [0.3, 0.4) is 0 Å². The van der Waals surface area contributed by atoms with Crippen LogP contribution in [0.5, 0.6) is 0 Å². The quantitative estimate of drug-likeness (QED) is 0.595. The van der Waals surface area contributed by atoms with Crippen molar-refractivity contribution in [3.05, 3.63) is 83.4 Å². The number of hydrogen-bond donors (Lipinski definition) is 1. The van der Waals surface area contributed by atoms with Crippen LogP contribution in [0.4, 0.5) is 10.1 Å². The Morgan fingerprint density at radius 3 is 2.70 bits per heavy atom. The number of nitrogens with zero attached hydrogens (tertiary/aromatic N) is 3. The molecule has 0 aliphatic carbocycles. The fourth-order valence-electron chi connectivity index (χ4n) is 2.72. The van der Waals surface area contributed by atoms with E-state index in [1.54, 1.807) is 37.4 Å². The van der Waals surface area contributed by atoms with Gasteiger partial charge in [0, 0.05) is 23.7 Å². The molecule has 134 valence electrons. The Bertz CT molecular complexity index is 1120. The molecule has 7 heteroatoms. The first-order valence-corrected chi connectivity index (χ1v) is 8.31. The van der Waals surface area contributed by atoms with Gasteiger partial charge in [-0.3, -0.25) is 4.79 Å². The van der Waals surface area contributed by atoms with E-state index >= 15 is 0 Å². The van der Waals surface area contributed by atoms with Crippen LogP contribution in [0, 0.1) is 12.7 Å². The molecule has 0 atom stereocenters. The van der Waals surface area contributed by atoms with Crippen LogP contribution in [-0.2, 0) is 6.42 Å². The van der Waals surface area contributed by atoms with E-state index in [4.69, 9.17) is 4.52 Å². The number of hydrogen-bond acceptors (Lipinski definition) is 5. The van der Waals surface area contributed by atoms with Crippen molar-refractivity contribution in [2.24, 2.45) is 0 Å². The van der Waals surface area contributed by atoms with Gasteiger partial charge >= 0.3 is 0 Å². The van der Waals surface area contributed by atoms with Crippen molar-refractivity contribution < 1.29 is 13.7 Å². The maximum absolute atomic E-state index is 13.0. The summed E-state index contributed by atoms with van der Waals surface area (Å²) in [5.41, 5.74) is 2.62. The van der Waals surface area contributed by atoms with E-state index in [2.05, 4.69) is 20.4 Å². The minimum absolute atomic E-state index is 0.276. The highest BCUT2D eigenvalue weighted by Crippen LogP contribution is 2.19. The standard InChI is InChI=1S/C20H15FN4O2/c1-12-17(11-23-27-12)20(26)24-16-7-4-14-10-22-19(25-18(14)9-16)8-13-2-5-15(21)6-3-13/h2-7,9-11H,8H2,1H3,(H,24,26). The van der Waals surface area contributed by atoms with E-state index in [-0.39, 0.29) is 11.7 Å². The first-order chi connectivity index (χ1) is 13.1. The van der Waals surface area contributed by atoms with E-state index in [0.717, 1.165) is 10.9 Å². The van der Waals surface area contributed by atoms with Gasteiger partial charge in [-0.25, -0.2) is 14.4 Å². The van der Waals surface area contributed by atoms with Gasteiger partial charge in [0.25, 0.3) is 5.91 Å². The predicted molar refractivity (Wildman–Crippen MR) is 97.9 cm³/mol. The molecule has 0 aliphatic rings. The lowest BCUT2D eigenvalue weighted by Crippen LogP contribution is -2.12. The summed E-state index contributed by atoms with van der Waals surface area (Å²) in [4.78, 5) is 21.2. The number of benzene rings is 2. The summed E-state index contributed by atoms with van der Waals surface area (Å²) >= 11 is 0. The lowest BCUT2D eigenvalue weighted by atomic mass is 10.1. The zero-order chi connectivity index (χ0) is 18.8. The fraction of sp³-hybridized carbons (Fsp3) is 0.100. The molecule has 4 aromatic rings. The second kappa shape index (κ2) is 6.95. The summed E-state index contributed by atoms with van der Waals surface area (Å²) in [5, 5.41) is 7.28. The van der Waals surface area contributed by atoms with Gasteiger partial charge in [-0.15, -0.1) is 0 Å². The smallest absolute Gasteiger partial charge is 0.260 e. The van der Waals surface area contributed by atoms with Gasteiger partial charge in [0.1, 0.15) is 23.0 Å². The van der Waals surface area contributed by atoms with Gasteiger partial charge in [-0.1, -0.05) is 17.3 Å². The summed E-state index contributed by atoms with van der Waals surface area (Å²) in [5.74, 6) is 0.500. The summed E-state index contributed by atoms with van der Waals surface area (Å²) < 4.78 is 18.0. The molecule has 1 N–H and O–H groups in total. The molecule has 0 unspecified atom stereocenters. The van der Waals surface area contributed by atoms with Crippen molar-refractivity contribution in [3.63, 3.8) is 0 Å². The molecular formula is C20H15FN4O2. The summed E-state index contributed by atoms with van der Waals surface area (Å²) in [6, 6.07) is 11.7. The van der Waals surface area contributed by atoms with E-state index in [1.165, 1.54) is 18.3 Å². The van der Waals surface area contributed by atoms with E-state index < -0.39 is 0 Å². The van der Waals surface area contributed by atoms with Crippen LogP contribution in [0.1, 0.15) is 27.5 Å². The zero-order valence-corrected chi connectivity index (χ0v) is 14.4. The zero-order valence-electron chi connectivity index (χ0n) is 14.4. The third-order valence-electron chi connectivity index (χ3n) is 4.16. The minimum Gasteiger partial charge on any atom is -0.361 e.